The van der Waals surface area contributed by atoms with Crippen molar-refractivity contribution >= 4 is 24.3 Å². The summed E-state index contributed by atoms with van der Waals surface area (Å²) in [5.41, 5.74) is 2.71. The SMILES string of the molecule is CC.C[C@]12CC[C@@H]3c4ccc(B(O)O)cc4CC[C@H]3[C@@H]1[C@H](CCC(=O)O)CC2=O. The Hall–Kier alpha value is -1.66. The van der Waals surface area contributed by atoms with Gasteiger partial charge in [0, 0.05) is 18.3 Å². The fraction of sp³-hybridized carbons (Fsp3) is 0.652. The molecule has 5 atom stereocenters. The van der Waals surface area contributed by atoms with E-state index in [9.17, 15) is 19.6 Å². The molecule has 29 heavy (non-hydrogen) atoms. The summed E-state index contributed by atoms with van der Waals surface area (Å²) in [5.74, 6) is 0.769. The predicted octanol–water partition coefficient (Wildman–Crippen LogP) is 2.91. The van der Waals surface area contributed by atoms with E-state index in [-0.39, 0.29) is 23.7 Å². The lowest BCUT2D eigenvalue weighted by molar-refractivity contribution is -0.137. The molecule has 3 N–H and O–H groups in total. The van der Waals surface area contributed by atoms with E-state index in [4.69, 9.17) is 5.11 Å². The van der Waals surface area contributed by atoms with Crippen molar-refractivity contribution in [3.05, 3.63) is 29.3 Å². The molecular weight excluding hydrogens is 367 g/mol. The monoisotopic (exact) mass is 400 g/mol. The third-order valence-electron chi connectivity index (χ3n) is 7.62. The highest BCUT2D eigenvalue weighted by Gasteiger charge is 2.58. The maximum Gasteiger partial charge on any atom is 0.488 e. The fourth-order valence-electron chi connectivity index (χ4n) is 6.40. The molecule has 0 amide bonds. The van der Waals surface area contributed by atoms with Crippen molar-refractivity contribution in [2.45, 2.75) is 71.6 Å². The number of aliphatic carboxylic acids is 1. The van der Waals surface area contributed by atoms with Gasteiger partial charge in [-0.05, 0) is 72.4 Å². The lowest BCUT2D eigenvalue weighted by atomic mass is 9.53. The number of fused-ring (bicyclic) bond motifs is 5. The zero-order valence-corrected chi connectivity index (χ0v) is 17.7. The number of ketones is 1. The number of carbonyl (C=O) groups excluding carboxylic acids is 1. The van der Waals surface area contributed by atoms with Crippen molar-refractivity contribution in [2.24, 2.45) is 23.2 Å². The van der Waals surface area contributed by atoms with Gasteiger partial charge >= 0.3 is 13.1 Å². The Morgan fingerprint density at radius 2 is 1.97 bits per heavy atom. The lowest BCUT2D eigenvalue weighted by Gasteiger charge is -2.50. The number of Topliss-reactive ketones (excluding diaryl/α,β-unsaturated/α-hetero) is 1. The smallest absolute Gasteiger partial charge is 0.481 e. The first-order chi connectivity index (χ1) is 13.8. The minimum absolute atomic E-state index is 0.135. The number of aryl methyl sites for hydroxylation is 1. The van der Waals surface area contributed by atoms with E-state index in [0.29, 0.717) is 35.9 Å². The quantitative estimate of drug-likeness (QED) is 0.676. The molecule has 0 aliphatic heterocycles. The normalized spacial score (nSPS) is 32.4. The Kier molecular flexibility index (Phi) is 6.54. The Labute approximate surface area is 173 Å². The van der Waals surface area contributed by atoms with Crippen molar-refractivity contribution in [2.75, 3.05) is 0 Å². The number of hydrogen-bond acceptors (Lipinski definition) is 4. The molecular formula is C23H33BO5. The lowest BCUT2D eigenvalue weighted by Crippen LogP contribution is -2.44. The topological polar surface area (TPSA) is 94.8 Å². The van der Waals surface area contributed by atoms with E-state index in [1.54, 1.807) is 6.07 Å². The Bertz CT molecular complexity index is 777. The molecule has 1 aromatic carbocycles. The summed E-state index contributed by atoms with van der Waals surface area (Å²) in [6.45, 7) is 6.11. The molecule has 5 nitrogen and oxygen atoms in total. The van der Waals surface area contributed by atoms with Crippen molar-refractivity contribution in [3.63, 3.8) is 0 Å². The van der Waals surface area contributed by atoms with Crippen LogP contribution in [0.2, 0.25) is 0 Å². The van der Waals surface area contributed by atoms with Gasteiger partial charge in [0.05, 0.1) is 0 Å². The van der Waals surface area contributed by atoms with Gasteiger partial charge < -0.3 is 15.2 Å². The molecule has 2 saturated carbocycles. The Morgan fingerprint density at radius 1 is 1.24 bits per heavy atom. The minimum Gasteiger partial charge on any atom is -0.481 e. The number of rotatable bonds is 4. The van der Waals surface area contributed by atoms with Crippen LogP contribution in [0.5, 0.6) is 0 Å². The van der Waals surface area contributed by atoms with Crippen LogP contribution in [0, 0.1) is 23.2 Å². The van der Waals surface area contributed by atoms with E-state index >= 15 is 0 Å². The second-order valence-corrected chi connectivity index (χ2v) is 8.94. The van der Waals surface area contributed by atoms with Gasteiger partial charge in [0.2, 0.25) is 0 Å². The Morgan fingerprint density at radius 3 is 2.62 bits per heavy atom. The molecule has 0 saturated heterocycles. The second-order valence-electron chi connectivity index (χ2n) is 8.94. The van der Waals surface area contributed by atoms with Crippen LogP contribution in [-0.2, 0) is 16.0 Å². The van der Waals surface area contributed by atoms with Crippen molar-refractivity contribution in [1.29, 1.82) is 0 Å². The van der Waals surface area contributed by atoms with Crippen LogP contribution < -0.4 is 5.46 Å². The molecule has 0 unspecified atom stereocenters. The average molecular weight is 400 g/mol. The molecule has 0 aromatic heterocycles. The van der Waals surface area contributed by atoms with Gasteiger partial charge in [0.25, 0.3) is 0 Å². The molecule has 0 spiro atoms. The fourth-order valence-corrected chi connectivity index (χ4v) is 6.40. The summed E-state index contributed by atoms with van der Waals surface area (Å²) in [6, 6.07) is 5.74. The molecule has 3 aliphatic carbocycles. The zero-order valence-electron chi connectivity index (χ0n) is 17.7. The number of benzene rings is 1. The summed E-state index contributed by atoms with van der Waals surface area (Å²) >= 11 is 0. The molecule has 2 fully saturated rings. The van der Waals surface area contributed by atoms with Crippen LogP contribution in [-0.4, -0.2) is 34.0 Å². The molecule has 0 radical (unpaired) electrons. The van der Waals surface area contributed by atoms with E-state index in [1.165, 1.54) is 11.1 Å². The summed E-state index contributed by atoms with van der Waals surface area (Å²) in [5, 5.41) is 28.0. The van der Waals surface area contributed by atoms with Gasteiger partial charge in [0.1, 0.15) is 5.78 Å². The molecule has 6 heteroatoms. The van der Waals surface area contributed by atoms with E-state index < -0.39 is 13.1 Å². The van der Waals surface area contributed by atoms with E-state index in [0.717, 1.165) is 25.7 Å². The molecule has 4 rings (SSSR count). The third kappa shape index (κ3) is 3.89. The molecule has 0 heterocycles. The summed E-state index contributed by atoms with van der Waals surface area (Å²) in [7, 11) is -1.45. The summed E-state index contributed by atoms with van der Waals surface area (Å²) in [4.78, 5) is 23.9. The second kappa shape index (κ2) is 8.61. The van der Waals surface area contributed by atoms with Crippen LogP contribution in [0.4, 0.5) is 0 Å². The molecule has 0 bridgehead atoms. The minimum atomic E-state index is -1.45. The predicted molar refractivity (Wildman–Crippen MR) is 113 cm³/mol. The number of hydrogen-bond donors (Lipinski definition) is 3. The van der Waals surface area contributed by atoms with Gasteiger partial charge in [-0.3, -0.25) is 9.59 Å². The van der Waals surface area contributed by atoms with Crippen LogP contribution in [0.15, 0.2) is 18.2 Å². The van der Waals surface area contributed by atoms with Crippen LogP contribution in [0.1, 0.15) is 76.3 Å². The first-order valence-electron chi connectivity index (χ1n) is 11.0. The number of carboxylic acid groups (broad SMARTS) is 1. The van der Waals surface area contributed by atoms with Crippen molar-refractivity contribution < 1.29 is 24.7 Å². The maximum absolute atomic E-state index is 12.8. The first-order valence-corrected chi connectivity index (χ1v) is 11.0. The summed E-state index contributed by atoms with van der Waals surface area (Å²) < 4.78 is 0. The van der Waals surface area contributed by atoms with Crippen LogP contribution >= 0.6 is 0 Å². The van der Waals surface area contributed by atoms with Gasteiger partial charge in [-0.2, -0.15) is 0 Å². The van der Waals surface area contributed by atoms with Crippen molar-refractivity contribution in [3.8, 4) is 0 Å². The standard InChI is InChI=1S/C21H27BO5.C2H6/c1-21-9-8-16-15-6-4-14(22(26)27)10-12(15)2-5-17(16)20(21)13(11-18(21)23)3-7-19(24)25;1-2/h4,6,10,13,16-17,20,26-27H,2-3,5,7-9,11H2,1H3,(H,24,25);1-2H3/t13-,16-,17-,20+,21-;/m1./s1. The highest BCUT2D eigenvalue weighted by Crippen LogP contribution is 2.62. The highest BCUT2D eigenvalue weighted by atomic mass is 16.4. The molecule has 3 aliphatic rings. The van der Waals surface area contributed by atoms with Crippen LogP contribution in [0.25, 0.3) is 0 Å². The van der Waals surface area contributed by atoms with Gasteiger partial charge in [-0.1, -0.05) is 39.0 Å². The van der Waals surface area contributed by atoms with E-state index in [2.05, 4.69) is 6.92 Å². The largest absolute Gasteiger partial charge is 0.488 e. The van der Waals surface area contributed by atoms with Gasteiger partial charge in [-0.25, -0.2) is 0 Å². The Balaban J connectivity index is 0.00000117. The zero-order chi connectivity index (χ0) is 21.3. The highest BCUT2D eigenvalue weighted by molar-refractivity contribution is 6.58. The van der Waals surface area contributed by atoms with Crippen LogP contribution in [0.3, 0.4) is 0 Å². The van der Waals surface area contributed by atoms with Gasteiger partial charge in [0.15, 0.2) is 0 Å². The van der Waals surface area contributed by atoms with E-state index in [1.807, 2.05) is 26.0 Å². The maximum atomic E-state index is 12.8. The van der Waals surface area contributed by atoms with Crippen molar-refractivity contribution in [1.82, 2.24) is 0 Å². The summed E-state index contributed by atoms with van der Waals surface area (Å²) in [6.07, 6.45) is 4.96. The average Bonchev–Trinajstić information content (AvgIpc) is 2.97. The molecule has 158 valence electrons. The number of carbonyl (C=O) groups is 2. The molecule has 1 aromatic rings. The first kappa shape index (κ1) is 22.0. The third-order valence-corrected chi connectivity index (χ3v) is 7.62. The number of carboxylic acids is 1. The van der Waals surface area contributed by atoms with Gasteiger partial charge in [-0.15, -0.1) is 0 Å².